The molecule has 0 fully saturated rings. The minimum absolute atomic E-state index is 0.378. The number of carbonyl (C=O) groups excluding carboxylic acids is 1. The fourth-order valence-corrected chi connectivity index (χ4v) is 1.16. The Morgan fingerprint density at radius 3 is 2.60 bits per heavy atom. The molecule has 0 aliphatic carbocycles. The lowest BCUT2D eigenvalue weighted by Gasteiger charge is -2.03. The Balaban J connectivity index is 2.87. The normalized spacial score (nSPS) is 11.3. The van der Waals surface area contributed by atoms with Crippen molar-refractivity contribution in [1.29, 1.82) is 0 Å². The summed E-state index contributed by atoms with van der Waals surface area (Å²) in [7, 11) is 1.53. The molecule has 1 rings (SSSR count). The minimum Gasteiger partial charge on any atom is -0.497 e. The van der Waals surface area contributed by atoms with Crippen LogP contribution >= 0.6 is 11.6 Å². The zero-order valence-electron chi connectivity index (χ0n) is 7.92. The zero-order valence-corrected chi connectivity index (χ0v) is 8.68. The van der Waals surface area contributed by atoms with E-state index in [0.717, 1.165) is 0 Å². The van der Waals surface area contributed by atoms with E-state index in [4.69, 9.17) is 21.9 Å². The largest absolute Gasteiger partial charge is 0.497 e. The van der Waals surface area contributed by atoms with Gasteiger partial charge in [-0.2, -0.15) is 0 Å². The van der Waals surface area contributed by atoms with Gasteiger partial charge < -0.3 is 4.74 Å². The summed E-state index contributed by atoms with van der Waals surface area (Å²) >= 11 is 5.54. The molecule has 1 aromatic rings. The van der Waals surface area contributed by atoms with Gasteiger partial charge in [-0.25, -0.2) is 0 Å². The topological polar surface area (TPSA) is 75.1 Å². The lowest BCUT2D eigenvalue weighted by Crippen LogP contribution is -2.11. The maximum absolute atomic E-state index is 11.5. The van der Waals surface area contributed by atoms with Gasteiger partial charge in [0.1, 0.15) is 5.75 Å². The number of nitrogens with zero attached hydrogens (tertiary/aromatic N) is 3. The summed E-state index contributed by atoms with van der Waals surface area (Å²) in [6.07, 6.45) is 0. The van der Waals surface area contributed by atoms with E-state index in [1.807, 2.05) is 0 Å². The van der Waals surface area contributed by atoms with Crippen molar-refractivity contribution in [3.63, 3.8) is 0 Å². The summed E-state index contributed by atoms with van der Waals surface area (Å²) in [5.74, 6) is 0.207. The zero-order chi connectivity index (χ0) is 11.3. The van der Waals surface area contributed by atoms with E-state index < -0.39 is 11.3 Å². The monoisotopic (exact) mass is 225 g/mol. The number of ether oxygens (including phenoxy) is 1. The van der Waals surface area contributed by atoms with Gasteiger partial charge in [0.2, 0.25) is 0 Å². The van der Waals surface area contributed by atoms with Crippen molar-refractivity contribution in [2.24, 2.45) is 5.11 Å². The van der Waals surface area contributed by atoms with E-state index in [-0.39, 0.29) is 0 Å². The number of rotatable bonds is 4. The number of carbonyl (C=O) groups is 1. The van der Waals surface area contributed by atoms with Gasteiger partial charge in [0.15, 0.2) is 11.3 Å². The first-order chi connectivity index (χ1) is 7.19. The third kappa shape index (κ3) is 2.87. The quantitative estimate of drug-likeness (QED) is 0.197. The van der Waals surface area contributed by atoms with E-state index in [1.54, 1.807) is 24.3 Å². The first-order valence-corrected chi connectivity index (χ1v) is 4.49. The number of ketones is 1. The Hall–Kier alpha value is -1.71. The van der Waals surface area contributed by atoms with Crippen LogP contribution in [-0.4, -0.2) is 18.4 Å². The Kier molecular flexibility index (Phi) is 3.97. The van der Waals surface area contributed by atoms with Gasteiger partial charge in [0, 0.05) is 10.5 Å². The molecular formula is C9H8ClN3O2. The second kappa shape index (κ2) is 5.24. The number of Topliss-reactive ketones (excluding diaryl/α,β-unsaturated/α-hetero) is 1. The highest BCUT2D eigenvalue weighted by atomic mass is 35.5. The second-order valence-electron chi connectivity index (χ2n) is 2.63. The van der Waals surface area contributed by atoms with Crippen LogP contribution in [0.3, 0.4) is 0 Å². The molecule has 0 radical (unpaired) electrons. The van der Waals surface area contributed by atoms with E-state index in [1.165, 1.54) is 7.11 Å². The van der Waals surface area contributed by atoms with Crippen LogP contribution in [0.25, 0.3) is 10.4 Å². The first-order valence-electron chi connectivity index (χ1n) is 4.05. The summed E-state index contributed by atoms with van der Waals surface area (Å²) < 4.78 is 4.93. The molecular weight excluding hydrogens is 218 g/mol. The average molecular weight is 226 g/mol. The summed E-state index contributed by atoms with van der Waals surface area (Å²) in [4.78, 5) is 14.0. The third-order valence-electron chi connectivity index (χ3n) is 1.74. The molecule has 0 amide bonds. The van der Waals surface area contributed by atoms with Crippen molar-refractivity contribution in [3.8, 4) is 5.75 Å². The van der Waals surface area contributed by atoms with Gasteiger partial charge in [-0.3, -0.25) is 4.79 Å². The Bertz CT molecular complexity index is 398. The number of methoxy groups -OCH3 is 1. The maximum atomic E-state index is 11.5. The highest BCUT2D eigenvalue weighted by Gasteiger charge is 2.15. The molecule has 5 nitrogen and oxygen atoms in total. The molecule has 0 aromatic heterocycles. The van der Waals surface area contributed by atoms with Gasteiger partial charge >= 0.3 is 0 Å². The molecule has 1 atom stereocenters. The van der Waals surface area contributed by atoms with E-state index >= 15 is 0 Å². The third-order valence-corrected chi connectivity index (χ3v) is 2.03. The number of alkyl halides is 1. The second-order valence-corrected chi connectivity index (χ2v) is 3.05. The van der Waals surface area contributed by atoms with Gasteiger partial charge in [-0.15, -0.1) is 11.6 Å². The summed E-state index contributed by atoms with van der Waals surface area (Å²) in [6, 6.07) is 6.38. The number of benzene rings is 1. The molecule has 0 aliphatic rings. The van der Waals surface area contributed by atoms with Crippen molar-refractivity contribution in [3.05, 3.63) is 40.3 Å². The summed E-state index contributed by atoms with van der Waals surface area (Å²) in [6.45, 7) is 0. The first kappa shape index (κ1) is 11.4. The number of azide groups is 1. The number of hydrogen-bond acceptors (Lipinski definition) is 3. The fraction of sp³-hybridized carbons (Fsp3) is 0.222. The van der Waals surface area contributed by atoms with Crippen LogP contribution in [0.5, 0.6) is 5.75 Å². The van der Waals surface area contributed by atoms with Crippen molar-refractivity contribution in [2.45, 2.75) is 5.50 Å². The predicted octanol–water partition coefficient (Wildman–Crippen LogP) is 2.75. The van der Waals surface area contributed by atoms with Crippen LogP contribution in [-0.2, 0) is 0 Å². The van der Waals surface area contributed by atoms with Gasteiger partial charge in [-0.05, 0) is 29.8 Å². The molecule has 15 heavy (non-hydrogen) atoms. The number of hydrogen-bond donors (Lipinski definition) is 0. The van der Waals surface area contributed by atoms with Gasteiger partial charge in [-0.1, -0.05) is 5.11 Å². The van der Waals surface area contributed by atoms with Crippen molar-refractivity contribution >= 4 is 17.4 Å². The predicted molar refractivity (Wildman–Crippen MR) is 56.1 cm³/mol. The molecule has 6 heteroatoms. The molecule has 0 N–H and O–H groups in total. The van der Waals surface area contributed by atoms with Crippen LogP contribution in [0.4, 0.5) is 0 Å². The average Bonchev–Trinajstić information content (AvgIpc) is 2.28. The molecule has 1 unspecified atom stereocenters. The highest BCUT2D eigenvalue weighted by Crippen LogP contribution is 2.15. The number of halogens is 1. The van der Waals surface area contributed by atoms with E-state index in [0.29, 0.717) is 11.3 Å². The molecule has 1 aromatic carbocycles. The van der Waals surface area contributed by atoms with Crippen LogP contribution in [0.1, 0.15) is 10.4 Å². The molecule has 0 bridgehead atoms. The minimum atomic E-state index is -1.21. The Labute approximate surface area is 91.2 Å². The summed E-state index contributed by atoms with van der Waals surface area (Å²) in [5, 5.41) is 3.11. The molecule has 0 spiro atoms. The smallest absolute Gasteiger partial charge is 0.186 e. The van der Waals surface area contributed by atoms with Gasteiger partial charge in [0.05, 0.1) is 7.11 Å². The van der Waals surface area contributed by atoms with Crippen LogP contribution in [0.15, 0.2) is 29.4 Å². The van der Waals surface area contributed by atoms with Crippen LogP contribution in [0.2, 0.25) is 0 Å². The van der Waals surface area contributed by atoms with E-state index in [2.05, 4.69) is 10.0 Å². The standard InChI is InChI=1S/C9H8ClN3O2/c1-15-7-4-2-6(3-5-7)8(14)9(10)12-13-11/h2-5,9H,1H3. The highest BCUT2D eigenvalue weighted by molar-refractivity contribution is 6.33. The molecule has 0 saturated heterocycles. The van der Waals surface area contributed by atoms with Crippen molar-refractivity contribution < 1.29 is 9.53 Å². The molecule has 0 heterocycles. The van der Waals surface area contributed by atoms with Crippen molar-refractivity contribution in [2.75, 3.05) is 7.11 Å². The Morgan fingerprint density at radius 1 is 1.53 bits per heavy atom. The van der Waals surface area contributed by atoms with Crippen LogP contribution in [0, 0.1) is 0 Å². The van der Waals surface area contributed by atoms with Crippen molar-refractivity contribution in [1.82, 2.24) is 0 Å². The SMILES string of the molecule is COc1ccc(C(=O)C(Cl)N=[N+]=[N-])cc1. The molecule has 0 aliphatic heterocycles. The fourth-order valence-electron chi connectivity index (χ4n) is 0.991. The maximum Gasteiger partial charge on any atom is 0.186 e. The van der Waals surface area contributed by atoms with Crippen LogP contribution < -0.4 is 4.74 Å². The summed E-state index contributed by atoms with van der Waals surface area (Å²) in [5.41, 5.74) is 7.29. The van der Waals surface area contributed by atoms with Gasteiger partial charge in [0.25, 0.3) is 0 Å². The lowest BCUT2D eigenvalue weighted by molar-refractivity contribution is 0.0988. The molecule has 78 valence electrons. The molecule has 0 saturated carbocycles. The van der Waals surface area contributed by atoms with E-state index in [9.17, 15) is 4.79 Å². The lowest BCUT2D eigenvalue weighted by atomic mass is 10.1. The Morgan fingerprint density at radius 2 is 2.13 bits per heavy atom.